The Bertz CT molecular complexity index is 1720. The van der Waals surface area contributed by atoms with E-state index in [1.54, 1.807) is 30.7 Å². The molecule has 37 heavy (non-hydrogen) atoms. The summed E-state index contributed by atoms with van der Waals surface area (Å²) in [5.41, 5.74) is 4.16. The monoisotopic (exact) mass is 497 g/mol. The van der Waals surface area contributed by atoms with Crippen molar-refractivity contribution < 1.29 is 8.91 Å². The fourth-order valence-electron chi connectivity index (χ4n) is 4.53. The molecule has 1 aliphatic carbocycles. The van der Waals surface area contributed by atoms with Crippen LogP contribution in [-0.4, -0.2) is 55.8 Å². The molecule has 2 N–H and O–H groups in total. The maximum Gasteiger partial charge on any atom is 0.227 e. The summed E-state index contributed by atoms with van der Waals surface area (Å²) in [6.45, 7) is -0.824. The first-order chi connectivity index (χ1) is 19.2. The van der Waals surface area contributed by atoms with Gasteiger partial charge in [-0.25, -0.2) is 9.97 Å². The second-order valence-electron chi connectivity index (χ2n) is 9.72. The van der Waals surface area contributed by atoms with Crippen molar-refractivity contribution >= 4 is 45.0 Å². The van der Waals surface area contributed by atoms with Crippen LogP contribution in [0.5, 0.6) is 0 Å². The minimum Gasteiger partial charge on any atom is -0.350 e. The van der Waals surface area contributed by atoms with Gasteiger partial charge in [0.05, 0.1) is 29.6 Å². The molecular weight excluding hydrogens is 464 g/mol. The number of para-hydroxylation sites is 1. The summed E-state index contributed by atoms with van der Waals surface area (Å²) < 4.78 is 27.1. The SMILES string of the molecule is [2H]C([2H])([2H])n1cc(-c2ccnc(Nc3cc(NC(=O)C4CC4)c4c(cnn4CCN(C)C)c3)n2)c2ccccc21. The standard InChI is InChI=1S/C28H30N8O/c1-34(2)12-13-36-26-19(16-30-36)14-20(15-24(26)32-27(37)18-8-9-18)31-28-29-11-10-23(33-28)22-17-35(3)25-7-5-4-6-21(22)25/h4-7,10-11,14-18H,8-9,12-13H2,1-3H3,(H,32,37)(H,29,31,33)/i3D3. The number of anilines is 3. The molecule has 5 aromatic rings. The lowest BCUT2D eigenvalue weighted by atomic mass is 10.1. The maximum atomic E-state index is 12.7. The number of benzene rings is 2. The van der Waals surface area contributed by atoms with Crippen LogP contribution in [0.25, 0.3) is 33.1 Å². The zero-order valence-corrected chi connectivity index (χ0v) is 20.8. The molecule has 1 amide bonds. The number of fused-ring (bicyclic) bond motifs is 2. The van der Waals surface area contributed by atoms with Crippen LogP contribution in [0, 0.1) is 5.92 Å². The van der Waals surface area contributed by atoms with Gasteiger partial charge in [-0.3, -0.25) is 9.48 Å². The number of likely N-dealkylation sites (N-methyl/N-ethyl adjacent to an activating group) is 1. The fraction of sp³-hybridized carbons (Fsp3) is 0.286. The molecule has 3 aromatic heterocycles. The number of hydrogen-bond donors (Lipinski definition) is 2. The number of aromatic nitrogens is 5. The van der Waals surface area contributed by atoms with Crippen LogP contribution < -0.4 is 10.6 Å². The molecule has 0 aliphatic heterocycles. The molecule has 0 saturated heterocycles. The summed E-state index contributed by atoms with van der Waals surface area (Å²) in [6.07, 6.45) is 6.87. The Hall–Kier alpha value is -4.24. The van der Waals surface area contributed by atoms with E-state index in [2.05, 4.69) is 25.6 Å². The van der Waals surface area contributed by atoms with Crippen LogP contribution in [0.4, 0.5) is 17.3 Å². The molecule has 0 radical (unpaired) electrons. The number of amides is 1. The zero-order chi connectivity index (χ0) is 28.0. The third-order valence-electron chi connectivity index (χ3n) is 6.60. The fourth-order valence-corrected chi connectivity index (χ4v) is 4.53. The smallest absolute Gasteiger partial charge is 0.227 e. The average Bonchev–Trinajstić information content (AvgIpc) is 3.56. The molecule has 1 saturated carbocycles. The molecule has 0 bridgehead atoms. The number of carbonyl (C=O) groups excluding carboxylic acids is 1. The Balaban J connectivity index is 1.36. The topological polar surface area (TPSA) is 92.9 Å². The van der Waals surface area contributed by atoms with Gasteiger partial charge in [0.25, 0.3) is 0 Å². The normalized spacial score (nSPS) is 15.1. The van der Waals surface area contributed by atoms with E-state index in [-0.39, 0.29) is 11.8 Å². The van der Waals surface area contributed by atoms with Crippen LogP contribution in [0.1, 0.15) is 17.0 Å². The zero-order valence-electron chi connectivity index (χ0n) is 23.8. The molecule has 3 heterocycles. The first-order valence-electron chi connectivity index (χ1n) is 13.8. The minimum absolute atomic E-state index is 0.0164. The summed E-state index contributed by atoms with van der Waals surface area (Å²) in [5.74, 6) is 0.423. The van der Waals surface area contributed by atoms with Gasteiger partial charge in [0.1, 0.15) is 0 Å². The van der Waals surface area contributed by atoms with Crippen LogP contribution in [0.2, 0.25) is 0 Å². The molecule has 6 rings (SSSR count). The highest BCUT2D eigenvalue weighted by molar-refractivity contribution is 6.03. The summed E-state index contributed by atoms with van der Waals surface area (Å²) in [4.78, 5) is 23.9. The highest BCUT2D eigenvalue weighted by Gasteiger charge is 2.30. The van der Waals surface area contributed by atoms with Gasteiger partial charge in [-0.05, 0) is 51.2 Å². The van der Waals surface area contributed by atoms with Crippen LogP contribution in [0.3, 0.4) is 0 Å². The Kier molecular flexibility index (Phi) is 5.01. The summed E-state index contributed by atoms with van der Waals surface area (Å²) >= 11 is 0. The molecule has 0 spiro atoms. The van der Waals surface area contributed by atoms with E-state index in [9.17, 15) is 4.79 Å². The molecule has 1 fully saturated rings. The van der Waals surface area contributed by atoms with Crippen molar-refractivity contribution in [3.8, 4) is 11.3 Å². The second kappa shape index (κ2) is 9.33. The summed E-state index contributed by atoms with van der Waals surface area (Å²) in [6, 6.07) is 13.0. The predicted octanol–water partition coefficient (Wildman–Crippen LogP) is 4.64. The molecule has 188 valence electrons. The van der Waals surface area contributed by atoms with Gasteiger partial charge in [0.15, 0.2) is 0 Å². The second-order valence-corrected chi connectivity index (χ2v) is 9.72. The quantitative estimate of drug-likeness (QED) is 0.325. The van der Waals surface area contributed by atoms with Crippen molar-refractivity contribution in [1.29, 1.82) is 0 Å². The third-order valence-corrected chi connectivity index (χ3v) is 6.60. The van der Waals surface area contributed by atoms with Crippen molar-refractivity contribution in [1.82, 2.24) is 29.2 Å². The lowest BCUT2D eigenvalue weighted by Gasteiger charge is -2.14. The van der Waals surface area contributed by atoms with Crippen molar-refractivity contribution in [2.24, 2.45) is 12.9 Å². The van der Waals surface area contributed by atoms with Gasteiger partial charge in [-0.1, -0.05) is 18.2 Å². The number of rotatable bonds is 8. The predicted molar refractivity (Wildman–Crippen MR) is 147 cm³/mol. The largest absolute Gasteiger partial charge is 0.350 e. The lowest BCUT2D eigenvalue weighted by molar-refractivity contribution is -0.117. The van der Waals surface area contributed by atoms with Crippen LogP contribution in [-0.2, 0) is 18.3 Å². The third kappa shape index (κ3) is 4.65. The van der Waals surface area contributed by atoms with Crippen LogP contribution in [0.15, 0.2) is 61.1 Å². The number of nitrogens with zero attached hydrogens (tertiary/aromatic N) is 6. The van der Waals surface area contributed by atoms with Gasteiger partial charge < -0.3 is 20.1 Å². The molecule has 9 nitrogen and oxygen atoms in total. The van der Waals surface area contributed by atoms with E-state index < -0.39 is 6.98 Å². The molecule has 2 aromatic carbocycles. The molecule has 1 aliphatic rings. The van der Waals surface area contributed by atoms with E-state index >= 15 is 0 Å². The molecule has 9 heteroatoms. The highest BCUT2D eigenvalue weighted by atomic mass is 16.2. The molecule has 0 atom stereocenters. The van der Waals surface area contributed by atoms with Crippen molar-refractivity contribution in [3.63, 3.8) is 0 Å². The van der Waals surface area contributed by atoms with E-state index in [0.29, 0.717) is 40.6 Å². The van der Waals surface area contributed by atoms with Crippen molar-refractivity contribution in [2.45, 2.75) is 19.4 Å². The van der Waals surface area contributed by atoms with E-state index in [1.165, 1.54) is 4.57 Å². The van der Waals surface area contributed by atoms with E-state index in [1.807, 2.05) is 49.1 Å². The number of hydrogen-bond acceptors (Lipinski definition) is 6. The molecular formula is C28H30N8O. The average molecular weight is 498 g/mol. The maximum absolute atomic E-state index is 12.7. The Morgan fingerprint density at radius 3 is 2.89 bits per heavy atom. The first-order valence-corrected chi connectivity index (χ1v) is 12.3. The Morgan fingerprint density at radius 2 is 2.08 bits per heavy atom. The Labute approximate surface area is 219 Å². The first kappa shape index (κ1) is 19.9. The minimum atomic E-state index is -2.32. The van der Waals surface area contributed by atoms with Gasteiger partial charge in [0, 0.05) is 63.5 Å². The van der Waals surface area contributed by atoms with E-state index in [0.717, 1.165) is 35.7 Å². The number of carbonyl (C=O) groups is 1. The lowest BCUT2D eigenvalue weighted by Crippen LogP contribution is -2.20. The Morgan fingerprint density at radius 1 is 1.22 bits per heavy atom. The van der Waals surface area contributed by atoms with Gasteiger partial charge in [0.2, 0.25) is 11.9 Å². The summed E-state index contributed by atoms with van der Waals surface area (Å²) in [7, 11) is 4.02. The molecule has 0 unspecified atom stereocenters. The van der Waals surface area contributed by atoms with E-state index in [4.69, 9.17) is 9.10 Å². The van der Waals surface area contributed by atoms with Crippen LogP contribution >= 0.6 is 0 Å². The van der Waals surface area contributed by atoms with Gasteiger partial charge >= 0.3 is 0 Å². The van der Waals surface area contributed by atoms with Crippen molar-refractivity contribution in [2.75, 3.05) is 31.3 Å². The summed E-state index contributed by atoms with van der Waals surface area (Å²) in [5, 5.41) is 12.6. The number of aryl methyl sites for hydroxylation is 1. The van der Waals surface area contributed by atoms with Gasteiger partial charge in [-0.15, -0.1) is 0 Å². The highest BCUT2D eigenvalue weighted by Crippen LogP contribution is 2.34. The van der Waals surface area contributed by atoms with Crippen molar-refractivity contribution in [3.05, 3.63) is 61.1 Å². The van der Waals surface area contributed by atoms with Gasteiger partial charge in [-0.2, -0.15) is 5.10 Å². The number of nitrogens with one attached hydrogen (secondary N) is 2.